The predicted molar refractivity (Wildman–Crippen MR) is 65.5 cm³/mol. The zero-order valence-corrected chi connectivity index (χ0v) is 9.36. The van der Waals surface area contributed by atoms with Crippen LogP contribution in [0.1, 0.15) is 5.56 Å². The van der Waals surface area contributed by atoms with Crippen LogP contribution < -0.4 is 4.74 Å². The fraction of sp³-hybridized carbons (Fsp3) is 0.143. The van der Waals surface area contributed by atoms with Crippen LogP contribution in [0.4, 0.5) is 8.78 Å². The van der Waals surface area contributed by atoms with Gasteiger partial charge in [-0.1, -0.05) is 24.3 Å². The van der Waals surface area contributed by atoms with Gasteiger partial charge in [0.1, 0.15) is 5.75 Å². The first-order valence-electron chi connectivity index (χ1n) is 5.23. The molecular formula is C14H12F2O. The number of hydrogen-bond acceptors (Lipinski definition) is 1. The highest BCUT2D eigenvalue weighted by Crippen LogP contribution is 2.22. The van der Waals surface area contributed by atoms with Crippen molar-refractivity contribution in [2.45, 2.75) is 6.43 Å². The molecule has 0 aromatic heterocycles. The van der Waals surface area contributed by atoms with Crippen LogP contribution in [-0.2, 0) is 0 Å². The van der Waals surface area contributed by atoms with E-state index in [1.165, 1.54) is 6.08 Å². The molecule has 0 bridgehead atoms. The van der Waals surface area contributed by atoms with Crippen molar-refractivity contribution in [2.75, 3.05) is 7.11 Å². The summed E-state index contributed by atoms with van der Waals surface area (Å²) in [5.41, 5.74) is 0.767. The smallest absolute Gasteiger partial charge is 0.257 e. The molecule has 0 saturated heterocycles. The van der Waals surface area contributed by atoms with Gasteiger partial charge in [-0.25, -0.2) is 8.78 Å². The summed E-state index contributed by atoms with van der Waals surface area (Å²) in [4.78, 5) is 0. The van der Waals surface area contributed by atoms with Crippen molar-refractivity contribution >= 4 is 16.8 Å². The maximum Gasteiger partial charge on any atom is 0.257 e. The summed E-state index contributed by atoms with van der Waals surface area (Å²) in [5, 5.41) is 2.03. The zero-order chi connectivity index (χ0) is 12.3. The topological polar surface area (TPSA) is 9.23 Å². The molecule has 0 aliphatic heterocycles. The largest absolute Gasteiger partial charge is 0.497 e. The van der Waals surface area contributed by atoms with Crippen molar-refractivity contribution in [2.24, 2.45) is 0 Å². The molecular weight excluding hydrogens is 222 g/mol. The number of allylic oxidation sites excluding steroid dienone is 1. The minimum absolute atomic E-state index is 0.767. The molecule has 0 aliphatic carbocycles. The quantitative estimate of drug-likeness (QED) is 0.776. The minimum atomic E-state index is -2.42. The number of halogens is 2. The Bertz CT molecular complexity index is 547. The maximum atomic E-state index is 12.0. The second kappa shape index (κ2) is 4.95. The van der Waals surface area contributed by atoms with Gasteiger partial charge in [-0.2, -0.15) is 0 Å². The summed E-state index contributed by atoms with van der Waals surface area (Å²) < 4.78 is 29.2. The van der Waals surface area contributed by atoms with Gasteiger partial charge in [0.15, 0.2) is 0 Å². The van der Waals surface area contributed by atoms with E-state index in [-0.39, 0.29) is 0 Å². The summed E-state index contributed by atoms with van der Waals surface area (Å²) in [5.74, 6) is 0.786. The van der Waals surface area contributed by atoms with E-state index in [0.29, 0.717) is 0 Å². The number of alkyl halides is 2. The molecule has 2 rings (SSSR count). The van der Waals surface area contributed by atoms with E-state index in [1.807, 2.05) is 30.3 Å². The molecule has 0 spiro atoms. The third-order valence-electron chi connectivity index (χ3n) is 2.51. The van der Waals surface area contributed by atoms with Crippen LogP contribution >= 0.6 is 0 Å². The fourth-order valence-corrected chi connectivity index (χ4v) is 1.66. The first kappa shape index (κ1) is 11.6. The Labute approximate surface area is 98.3 Å². The van der Waals surface area contributed by atoms with Gasteiger partial charge in [0.05, 0.1) is 7.11 Å². The molecule has 0 fully saturated rings. The summed E-state index contributed by atoms with van der Waals surface area (Å²) in [6.45, 7) is 0. The van der Waals surface area contributed by atoms with Crippen LogP contribution in [-0.4, -0.2) is 13.5 Å². The van der Waals surface area contributed by atoms with Crippen molar-refractivity contribution in [1.82, 2.24) is 0 Å². The molecule has 0 amide bonds. The molecule has 1 nitrogen and oxygen atoms in total. The number of methoxy groups -OCH3 is 1. The number of rotatable bonds is 3. The van der Waals surface area contributed by atoms with E-state index < -0.39 is 6.43 Å². The summed E-state index contributed by atoms with van der Waals surface area (Å²) in [6, 6.07) is 11.2. The molecule has 0 radical (unpaired) electrons. The highest BCUT2D eigenvalue weighted by atomic mass is 19.3. The van der Waals surface area contributed by atoms with E-state index in [2.05, 4.69) is 0 Å². The molecule has 17 heavy (non-hydrogen) atoms. The predicted octanol–water partition coefficient (Wildman–Crippen LogP) is 4.13. The fourth-order valence-electron chi connectivity index (χ4n) is 1.66. The Morgan fingerprint density at radius 3 is 2.47 bits per heavy atom. The van der Waals surface area contributed by atoms with E-state index >= 15 is 0 Å². The number of hydrogen-bond donors (Lipinski definition) is 0. The van der Waals surface area contributed by atoms with Crippen molar-refractivity contribution in [3.63, 3.8) is 0 Å². The SMILES string of the molecule is COc1ccc2cc(C=CC(F)F)ccc2c1. The van der Waals surface area contributed by atoms with Crippen LogP contribution in [0, 0.1) is 0 Å². The van der Waals surface area contributed by atoms with Crippen molar-refractivity contribution < 1.29 is 13.5 Å². The van der Waals surface area contributed by atoms with Crippen molar-refractivity contribution in [3.8, 4) is 5.75 Å². The average molecular weight is 234 g/mol. The van der Waals surface area contributed by atoms with Gasteiger partial charge in [0.25, 0.3) is 6.43 Å². The zero-order valence-electron chi connectivity index (χ0n) is 9.36. The number of ether oxygens (including phenoxy) is 1. The maximum absolute atomic E-state index is 12.0. The third-order valence-corrected chi connectivity index (χ3v) is 2.51. The van der Waals surface area contributed by atoms with Crippen LogP contribution in [0.2, 0.25) is 0 Å². The highest BCUT2D eigenvalue weighted by Gasteiger charge is 1.98. The van der Waals surface area contributed by atoms with Crippen molar-refractivity contribution in [1.29, 1.82) is 0 Å². The van der Waals surface area contributed by atoms with Crippen LogP contribution in [0.15, 0.2) is 42.5 Å². The lowest BCUT2D eigenvalue weighted by Gasteiger charge is -2.03. The first-order valence-corrected chi connectivity index (χ1v) is 5.23. The minimum Gasteiger partial charge on any atom is -0.497 e. The molecule has 0 unspecified atom stereocenters. The standard InChI is InChI=1S/C14H12F2O/c1-17-13-6-5-11-8-10(3-7-14(15)16)2-4-12(11)9-13/h2-9,14H,1H3. The summed E-state index contributed by atoms with van der Waals surface area (Å²) >= 11 is 0. The molecule has 3 heteroatoms. The first-order chi connectivity index (χ1) is 8.19. The lowest BCUT2D eigenvalue weighted by molar-refractivity contribution is 0.205. The molecule has 88 valence electrons. The van der Waals surface area contributed by atoms with Gasteiger partial charge in [0, 0.05) is 0 Å². The molecule has 0 saturated carbocycles. The van der Waals surface area contributed by atoms with Gasteiger partial charge in [-0.05, 0) is 40.6 Å². The van der Waals surface area contributed by atoms with E-state index in [9.17, 15) is 8.78 Å². The molecule has 0 N–H and O–H groups in total. The summed E-state index contributed by atoms with van der Waals surface area (Å²) in [6.07, 6.45) is -0.111. The number of benzene rings is 2. The number of fused-ring (bicyclic) bond motifs is 1. The highest BCUT2D eigenvalue weighted by molar-refractivity contribution is 5.86. The molecule has 2 aromatic rings. The molecule has 0 aliphatic rings. The van der Waals surface area contributed by atoms with Gasteiger partial charge >= 0.3 is 0 Å². The van der Waals surface area contributed by atoms with Crippen LogP contribution in [0.25, 0.3) is 16.8 Å². The monoisotopic (exact) mass is 234 g/mol. The lowest BCUT2D eigenvalue weighted by atomic mass is 10.1. The Morgan fingerprint density at radius 1 is 1.06 bits per heavy atom. The van der Waals surface area contributed by atoms with Gasteiger partial charge in [-0.3, -0.25) is 0 Å². The molecule has 2 aromatic carbocycles. The van der Waals surface area contributed by atoms with Crippen LogP contribution in [0.3, 0.4) is 0 Å². The third kappa shape index (κ3) is 2.81. The van der Waals surface area contributed by atoms with Gasteiger partial charge in [-0.15, -0.1) is 0 Å². The Morgan fingerprint density at radius 2 is 1.76 bits per heavy atom. The molecule has 0 heterocycles. The van der Waals surface area contributed by atoms with Gasteiger partial charge < -0.3 is 4.74 Å². The van der Waals surface area contributed by atoms with Crippen LogP contribution in [0.5, 0.6) is 5.75 Å². The molecule has 0 atom stereocenters. The van der Waals surface area contributed by atoms with E-state index in [0.717, 1.165) is 28.2 Å². The normalized spacial score (nSPS) is 11.5. The van der Waals surface area contributed by atoms with Gasteiger partial charge in [0.2, 0.25) is 0 Å². The Hall–Kier alpha value is -1.90. The Balaban J connectivity index is 2.38. The lowest BCUT2D eigenvalue weighted by Crippen LogP contribution is -1.83. The van der Waals surface area contributed by atoms with E-state index in [4.69, 9.17) is 4.74 Å². The summed E-state index contributed by atoms with van der Waals surface area (Å²) in [7, 11) is 1.61. The van der Waals surface area contributed by atoms with E-state index in [1.54, 1.807) is 13.2 Å². The second-order valence-electron chi connectivity index (χ2n) is 3.67. The second-order valence-corrected chi connectivity index (χ2v) is 3.67. The van der Waals surface area contributed by atoms with Crippen molar-refractivity contribution in [3.05, 3.63) is 48.0 Å². The average Bonchev–Trinajstić information content (AvgIpc) is 2.35. The Kier molecular flexibility index (Phi) is 3.38.